The second kappa shape index (κ2) is 9.71. The van der Waals surface area contributed by atoms with E-state index in [9.17, 15) is 14.4 Å². The molecule has 1 atom stereocenters. The topological polar surface area (TPSA) is 96.2 Å². The fraction of sp³-hybridized carbons (Fsp3) is 0.231. The van der Waals surface area contributed by atoms with Gasteiger partial charge in [0.2, 0.25) is 0 Å². The van der Waals surface area contributed by atoms with E-state index in [2.05, 4.69) is 4.99 Å². The van der Waals surface area contributed by atoms with Crippen molar-refractivity contribution in [3.05, 3.63) is 90.1 Å². The molecule has 0 fully saturated rings. The van der Waals surface area contributed by atoms with Crippen LogP contribution >= 0.6 is 11.3 Å². The van der Waals surface area contributed by atoms with Crippen molar-refractivity contribution in [2.24, 2.45) is 4.99 Å². The van der Waals surface area contributed by atoms with Crippen LogP contribution in [0.2, 0.25) is 0 Å². The van der Waals surface area contributed by atoms with Gasteiger partial charge in [-0.2, -0.15) is 0 Å². The smallest absolute Gasteiger partial charge is 0.337 e. The van der Waals surface area contributed by atoms with E-state index in [1.54, 1.807) is 62.6 Å². The summed E-state index contributed by atoms with van der Waals surface area (Å²) in [7, 11) is 4.41. The summed E-state index contributed by atoms with van der Waals surface area (Å²) in [6, 6.07) is 11.3. The highest BCUT2D eigenvalue weighted by Crippen LogP contribution is 2.37. The molecule has 8 nitrogen and oxygen atoms in total. The number of ketones is 1. The van der Waals surface area contributed by atoms with E-state index in [0.29, 0.717) is 43.2 Å². The highest BCUT2D eigenvalue weighted by atomic mass is 32.1. The molecule has 1 aromatic heterocycles. The molecular formula is C26H24N2O6S. The lowest BCUT2D eigenvalue weighted by Gasteiger charge is -2.26. The summed E-state index contributed by atoms with van der Waals surface area (Å²) in [5.74, 6) is 0.479. The van der Waals surface area contributed by atoms with Crippen molar-refractivity contribution in [1.82, 2.24) is 4.57 Å². The van der Waals surface area contributed by atoms with Crippen LogP contribution in [0.15, 0.2) is 63.5 Å². The third-order valence-electron chi connectivity index (χ3n) is 5.77. The second-order valence-electron chi connectivity index (χ2n) is 7.86. The number of nitrogens with zero attached hydrogens (tertiary/aromatic N) is 2. The molecule has 0 aliphatic carbocycles. The lowest BCUT2D eigenvalue weighted by Crippen LogP contribution is -2.39. The van der Waals surface area contributed by atoms with Gasteiger partial charge in [0, 0.05) is 22.9 Å². The van der Waals surface area contributed by atoms with E-state index < -0.39 is 12.0 Å². The number of allylic oxidation sites excluding steroid dienone is 2. The number of methoxy groups -OCH3 is 3. The van der Waals surface area contributed by atoms with Crippen molar-refractivity contribution in [1.29, 1.82) is 0 Å². The van der Waals surface area contributed by atoms with Gasteiger partial charge < -0.3 is 14.2 Å². The van der Waals surface area contributed by atoms with Crippen molar-refractivity contribution in [3.63, 3.8) is 0 Å². The zero-order chi connectivity index (χ0) is 25.3. The number of aromatic nitrogens is 1. The largest absolute Gasteiger partial charge is 0.497 e. The van der Waals surface area contributed by atoms with Gasteiger partial charge in [-0.25, -0.2) is 9.79 Å². The van der Waals surface area contributed by atoms with Crippen LogP contribution in [0.3, 0.4) is 0 Å². The van der Waals surface area contributed by atoms with Crippen LogP contribution in [-0.2, 0) is 9.53 Å². The molecule has 3 aromatic rings. The predicted molar refractivity (Wildman–Crippen MR) is 132 cm³/mol. The minimum Gasteiger partial charge on any atom is -0.497 e. The van der Waals surface area contributed by atoms with Gasteiger partial charge >= 0.3 is 5.97 Å². The zero-order valence-corrected chi connectivity index (χ0v) is 20.8. The van der Waals surface area contributed by atoms with E-state index in [0.717, 1.165) is 5.56 Å². The second-order valence-corrected chi connectivity index (χ2v) is 8.87. The van der Waals surface area contributed by atoms with Crippen molar-refractivity contribution in [3.8, 4) is 11.5 Å². The van der Waals surface area contributed by atoms with Gasteiger partial charge in [-0.1, -0.05) is 23.5 Å². The summed E-state index contributed by atoms with van der Waals surface area (Å²) < 4.78 is 17.6. The van der Waals surface area contributed by atoms with E-state index in [4.69, 9.17) is 14.2 Å². The summed E-state index contributed by atoms with van der Waals surface area (Å²) in [5.41, 5.74) is 2.51. The average Bonchev–Trinajstić information content (AvgIpc) is 3.16. The molecule has 0 N–H and O–H groups in total. The third-order valence-corrected chi connectivity index (χ3v) is 6.75. The minimum absolute atomic E-state index is 0.179. The van der Waals surface area contributed by atoms with Gasteiger partial charge in [0.15, 0.2) is 10.6 Å². The number of carbonyl (C=O) groups excluding carboxylic acids is 2. The van der Waals surface area contributed by atoms with Crippen molar-refractivity contribution >= 4 is 29.2 Å². The van der Waals surface area contributed by atoms with E-state index in [1.165, 1.54) is 37.0 Å². The van der Waals surface area contributed by atoms with Crippen LogP contribution in [0.25, 0.3) is 6.08 Å². The first-order valence-corrected chi connectivity index (χ1v) is 11.5. The maximum Gasteiger partial charge on any atom is 0.337 e. The number of ether oxygens (including phenoxy) is 3. The van der Waals surface area contributed by atoms with Crippen LogP contribution < -0.4 is 24.4 Å². The van der Waals surface area contributed by atoms with Gasteiger partial charge in [0.1, 0.15) is 11.5 Å². The van der Waals surface area contributed by atoms with Gasteiger partial charge in [-0.3, -0.25) is 14.2 Å². The highest BCUT2D eigenvalue weighted by Gasteiger charge is 2.32. The first kappa shape index (κ1) is 24.2. The average molecular weight is 493 g/mol. The summed E-state index contributed by atoms with van der Waals surface area (Å²) >= 11 is 1.23. The molecule has 0 radical (unpaired) electrons. The van der Waals surface area contributed by atoms with Gasteiger partial charge in [0.05, 0.1) is 37.5 Å². The van der Waals surface area contributed by atoms with E-state index >= 15 is 0 Å². The number of thiazole rings is 1. The number of esters is 1. The number of benzene rings is 2. The Kier molecular flexibility index (Phi) is 6.70. The quantitative estimate of drug-likeness (QED) is 0.491. The molecule has 4 rings (SSSR count). The summed E-state index contributed by atoms with van der Waals surface area (Å²) in [6.07, 6.45) is 1.74. The first-order valence-electron chi connectivity index (χ1n) is 10.7. The molecule has 2 heterocycles. The Hall–Kier alpha value is -3.98. The molecule has 9 heteroatoms. The Morgan fingerprint density at radius 3 is 2.37 bits per heavy atom. The van der Waals surface area contributed by atoms with Crippen LogP contribution in [0, 0.1) is 0 Å². The zero-order valence-electron chi connectivity index (χ0n) is 19.9. The molecule has 2 aromatic carbocycles. The number of hydrogen-bond acceptors (Lipinski definition) is 8. The monoisotopic (exact) mass is 492 g/mol. The molecule has 35 heavy (non-hydrogen) atoms. The van der Waals surface area contributed by atoms with Crippen molar-refractivity contribution in [2.45, 2.75) is 19.9 Å². The molecule has 180 valence electrons. The Morgan fingerprint density at radius 1 is 1.06 bits per heavy atom. The molecule has 0 spiro atoms. The highest BCUT2D eigenvalue weighted by molar-refractivity contribution is 7.07. The molecule has 0 unspecified atom stereocenters. The lowest BCUT2D eigenvalue weighted by atomic mass is 9.92. The lowest BCUT2D eigenvalue weighted by molar-refractivity contribution is -0.114. The molecule has 1 aliphatic rings. The van der Waals surface area contributed by atoms with Crippen LogP contribution in [0.5, 0.6) is 11.5 Å². The van der Waals surface area contributed by atoms with Crippen LogP contribution in [0.4, 0.5) is 0 Å². The Labute approximate surface area is 205 Å². The van der Waals surface area contributed by atoms with Crippen LogP contribution in [-0.4, -0.2) is 37.6 Å². The molecule has 0 saturated heterocycles. The predicted octanol–water partition coefficient (Wildman–Crippen LogP) is 2.63. The fourth-order valence-corrected chi connectivity index (χ4v) is 5.14. The van der Waals surface area contributed by atoms with Crippen molar-refractivity contribution < 1.29 is 23.8 Å². The summed E-state index contributed by atoms with van der Waals surface area (Å²) in [6.45, 7) is 3.23. The van der Waals surface area contributed by atoms with Crippen LogP contribution in [0.1, 0.15) is 41.4 Å². The molecule has 0 amide bonds. The van der Waals surface area contributed by atoms with Gasteiger partial charge in [-0.05, 0) is 49.8 Å². The van der Waals surface area contributed by atoms with E-state index in [1.807, 2.05) is 0 Å². The first-order chi connectivity index (χ1) is 16.8. The molecule has 1 aliphatic heterocycles. The standard InChI is InChI=1S/C26H24N2O6S/c1-14-22(15(2)29)23(19-11-10-18(32-3)13-20(19)33-4)28-24(30)21(35-26(28)27-14)12-16-6-8-17(9-7-16)25(31)34-5/h6-13,23H,1-5H3/b21-12-/t23-/m0/s1. The molecular weight excluding hydrogens is 468 g/mol. The SMILES string of the molecule is COC(=O)c1ccc(/C=c2\sc3n(c2=O)[C@@H](c2ccc(OC)cc2OC)C(C(C)=O)=C(C)N=3)cc1. The van der Waals surface area contributed by atoms with Gasteiger partial charge in [0.25, 0.3) is 5.56 Å². The maximum atomic E-state index is 13.6. The molecule has 0 bridgehead atoms. The Bertz CT molecular complexity index is 1530. The van der Waals surface area contributed by atoms with Gasteiger partial charge in [-0.15, -0.1) is 0 Å². The fourth-order valence-electron chi connectivity index (χ4n) is 4.09. The maximum absolute atomic E-state index is 13.6. The van der Waals surface area contributed by atoms with Crippen molar-refractivity contribution in [2.75, 3.05) is 21.3 Å². The normalized spacial score (nSPS) is 15.3. The number of carbonyl (C=O) groups is 2. The Balaban J connectivity index is 1.92. The van der Waals surface area contributed by atoms with E-state index in [-0.39, 0.29) is 11.3 Å². The Morgan fingerprint density at radius 2 is 1.77 bits per heavy atom. The number of fused-ring (bicyclic) bond motifs is 1. The number of rotatable bonds is 6. The summed E-state index contributed by atoms with van der Waals surface area (Å²) in [4.78, 5) is 43.1. The third kappa shape index (κ3) is 4.42. The minimum atomic E-state index is -0.701. The molecule has 0 saturated carbocycles. The summed E-state index contributed by atoms with van der Waals surface area (Å²) in [5, 5.41) is 0. The number of hydrogen-bond donors (Lipinski definition) is 0. The number of Topliss-reactive ketones (excluding diaryl/α,β-unsaturated/α-hetero) is 1.